The third-order valence-corrected chi connectivity index (χ3v) is 3.45. The van der Waals surface area contributed by atoms with Gasteiger partial charge in [0.2, 0.25) is 5.91 Å². The van der Waals surface area contributed by atoms with Crippen LogP contribution in [0.5, 0.6) is 0 Å². The fourth-order valence-electron chi connectivity index (χ4n) is 2.39. The molecule has 0 aromatic rings. The fourth-order valence-corrected chi connectivity index (χ4v) is 2.39. The van der Waals surface area contributed by atoms with Crippen LogP contribution in [0.25, 0.3) is 0 Å². The van der Waals surface area contributed by atoms with Gasteiger partial charge >= 0.3 is 0 Å². The van der Waals surface area contributed by atoms with E-state index in [9.17, 15) is 4.79 Å². The number of carbonyl (C=O) groups excluding carboxylic acids is 1. The van der Waals surface area contributed by atoms with Crippen LogP contribution in [0, 0.1) is 17.2 Å². The number of carbonyl (C=O) groups is 1. The molecule has 0 spiro atoms. The molecule has 1 atom stereocenters. The summed E-state index contributed by atoms with van der Waals surface area (Å²) in [6.07, 6.45) is 5.19. The van der Waals surface area contributed by atoms with Crippen LogP contribution in [-0.4, -0.2) is 29.9 Å². The van der Waals surface area contributed by atoms with Gasteiger partial charge in [-0.15, -0.1) is 0 Å². The van der Waals surface area contributed by atoms with Crippen molar-refractivity contribution in [3.63, 3.8) is 0 Å². The second kappa shape index (κ2) is 10.8. The van der Waals surface area contributed by atoms with E-state index < -0.39 is 0 Å². The molecule has 110 valence electrons. The first-order chi connectivity index (χ1) is 9.06. The molecule has 2 N–H and O–H groups in total. The molecule has 0 radical (unpaired) electrons. The number of nitrogens with two attached hydrogens (primary N) is 1. The zero-order chi connectivity index (χ0) is 14.7. The molecule has 0 bridgehead atoms. The van der Waals surface area contributed by atoms with E-state index in [4.69, 9.17) is 11.0 Å². The normalized spacial score (nSPS) is 12.2. The summed E-state index contributed by atoms with van der Waals surface area (Å²) in [6.45, 7) is 7.40. The smallest absolute Gasteiger partial charge is 0.222 e. The summed E-state index contributed by atoms with van der Waals surface area (Å²) >= 11 is 0. The molecule has 4 heteroatoms. The summed E-state index contributed by atoms with van der Waals surface area (Å²) in [5, 5.41) is 8.63. The molecule has 1 amide bonds. The summed E-state index contributed by atoms with van der Waals surface area (Å²) in [4.78, 5) is 14.0. The molecule has 1 unspecified atom stereocenters. The van der Waals surface area contributed by atoms with Crippen LogP contribution in [0.3, 0.4) is 0 Å². The second-order valence-corrected chi connectivity index (χ2v) is 5.36. The topological polar surface area (TPSA) is 70.1 Å². The van der Waals surface area contributed by atoms with Crippen molar-refractivity contribution < 1.29 is 4.79 Å². The Morgan fingerprint density at radius 2 is 2.00 bits per heavy atom. The van der Waals surface area contributed by atoms with E-state index in [1.165, 1.54) is 0 Å². The van der Waals surface area contributed by atoms with Crippen LogP contribution >= 0.6 is 0 Å². The van der Waals surface area contributed by atoms with Crippen LogP contribution in [-0.2, 0) is 4.79 Å². The Morgan fingerprint density at radius 3 is 2.47 bits per heavy atom. The van der Waals surface area contributed by atoms with E-state index in [-0.39, 0.29) is 11.9 Å². The number of nitrogens with zero attached hydrogens (tertiary/aromatic N) is 2. The summed E-state index contributed by atoms with van der Waals surface area (Å²) in [6, 6.07) is 2.27. The largest absolute Gasteiger partial charge is 0.339 e. The molecule has 19 heavy (non-hydrogen) atoms. The van der Waals surface area contributed by atoms with Crippen LogP contribution in [0.15, 0.2) is 0 Å². The highest BCUT2D eigenvalue weighted by molar-refractivity contribution is 5.76. The van der Waals surface area contributed by atoms with Gasteiger partial charge in [0.15, 0.2) is 0 Å². The highest BCUT2D eigenvalue weighted by Crippen LogP contribution is 2.18. The van der Waals surface area contributed by atoms with E-state index in [1.807, 2.05) is 18.7 Å². The minimum atomic E-state index is 0.167. The predicted octanol–water partition coefficient (Wildman–Crippen LogP) is 2.68. The second-order valence-electron chi connectivity index (χ2n) is 5.36. The van der Waals surface area contributed by atoms with Crippen molar-refractivity contribution in [2.24, 2.45) is 11.7 Å². The molecule has 0 heterocycles. The average molecular weight is 267 g/mol. The van der Waals surface area contributed by atoms with Gasteiger partial charge in [-0.05, 0) is 39.2 Å². The zero-order valence-electron chi connectivity index (χ0n) is 12.7. The van der Waals surface area contributed by atoms with Gasteiger partial charge in [-0.25, -0.2) is 0 Å². The van der Waals surface area contributed by atoms with Gasteiger partial charge in [0, 0.05) is 19.0 Å². The Balaban J connectivity index is 4.26. The molecule has 4 nitrogen and oxygen atoms in total. The summed E-state index contributed by atoms with van der Waals surface area (Å²) in [7, 11) is 0. The van der Waals surface area contributed by atoms with Crippen molar-refractivity contribution in [2.45, 2.75) is 65.3 Å². The van der Waals surface area contributed by atoms with Gasteiger partial charge in [0.05, 0.1) is 12.5 Å². The van der Waals surface area contributed by atoms with Gasteiger partial charge in [-0.3, -0.25) is 4.79 Å². The molecule has 0 rings (SSSR count). The summed E-state index contributed by atoms with van der Waals surface area (Å²) in [5.74, 6) is 0.729. The molecule has 0 aliphatic carbocycles. The minimum Gasteiger partial charge on any atom is -0.339 e. The lowest BCUT2D eigenvalue weighted by atomic mass is 9.94. The first kappa shape index (κ1) is 17.9. The molecule has 0 aromatic heterocycles. The van der Waals surface area contributed by atoms with E-state index in [0.717, 1.165) is 25.7 Å². The van der Waals surface area contributed by atoms with Crippen LogP contribution < -0.4 is 5.73 Å². The average Bonchev–Trinajstić information content (AvgIpc) is 2.36. The number of hydrogen-bond donors (Lipinski definition) is 1. The van der Waals surface area contributed by atoms with Crippen molar-refractivity contribution in [1.29, 1.82) is 5.26 Å². The number of nitriles is 1. The van der Waals surface area contributed by atoms with E-state index in [1.54, 1.807) is 0 Å². The Hall–Kier alpha value is -1.08. The van der Waals surface area contributed by atoms with Crippen molar-refractivity contribution in [1.82, 2.24) is 4.90 Å². The lowest BCUT2D eigenvalue weighted by Crippen LogP contribution is -2.37. The van der Waals surface area contributed by atoms with Gasteiger partial charge in [0.25, 0.3) is 0 Å². The third kappa shape index (κ3) is 7.84. The highest BCUT2D eigenvalue weighted by Gasteiger charge is 2.18. The van der Waals surface area contributed by atoms with Crippen molar-refractivity contribution in [3.05, 3.63) is 0 Å². The van der Waals surface area contributed by atoms with E-state index in [0.29, 0.717) is 31.8 Å². The summed E-state index contributed by atoms with van der Waals surface area (Å²) < 4.78 is 0. The SMILES string of the molecule is CCCC(CCN)CCC(=O)N(CCC#N)C(C)C. The third-order valence-electron chi connectivity index (χ3n) is 3.45. The lowest BCUT2D eigenvalue weighted by molar-refractivity contribution is -0.133. The monoisotopic (exact) mass is 267 g/mol. The highest BCUT2D eigenvalue weighted by atomic mass is 16.2. The zero-order valence-corrected chi connectivity index (χ0v) is 12.7. The molecule has 0 aliphatic heterocycles. The van der Waals surface area contributed by atoms with Gasteiger partial charge in [-0.1, -0.05) is 19.8 Å². The first-order valence-electron chi connectivity index (χ1n) is 7.43. The maximum Gasteiger partial charge on any atom is 0.222 e. The predicted molar refractivity (Wildman–Crippen MR) is 78.4 cm³/mol. The molecular formula is C15H29N3O. The maximum atomic E-state index is 12.2. The minimum absolute atomic E-state index is 0.167. The van der Waals surface area contributed by atoms with E-state index in [2.05, 4.69) is 13.0 Å². The van der Waals surface area contributed by atoms with Crippen molar-refractivity contribution >= 4 is 5.91 Å². The van der Waals surface area contributed by atoms with Crippen LogP contribution in [0.4, 0.5) is 0 Å². The Kier molecular flexibility index (Phi) is 10.2. The standard InChI is InChI=1S/C15H29N3O/c1-4-6-14(9-11-17)7-8-15(19)18(13(2)3)12-5-10-16/h13-14H,4-9,11-12,17H2,1-3H3. The first-order valence-corrected chi connectivity index (χ1v) is 7.43. The van der Waals surface area contributed by atoms with Crippen LogP contribution in [0.1, 0.15) is 59.3 Å². The Morgan fingerprint density at radius 1 is 1.32 bits per heavy atom. The lowest BCUT2D eigenvalue weighted by Gasteiger charge is -2.26. The Bertz CT molecular complexity index is 278. The molecule has 0 fully saturated rings. The van der Waals surface area contributed by atoms with Crippen molar-refractivity contribution in [2.75, 3.05) is 13.1 Å². The molecule has 0 aromatic carbocycles. The number of rotatable bonds is 10. The quantitative estimate of drug-likeness (QED) is 0.661. The molecule has 0 saturated carbocycles. The maximum absolute atomic E-state index is 12.2. The molecule has 0 saturated heterocycles. The molecular weight excluding hydrogens is 238 g/mol. The fraction of sp³-hybridized carbons (Fsp3) is 0.867. The van der Waals surface area contributed by atoms with Gasteiger partial charge < -0.3 is 10.6 Å². The summed E-state index contributed by atoms with van der Waals surface area (Å²) in [5.41, 5.74) is 5.61. The molecule has 0 aliphatic rings. The van der Waals surface area contributed by atoms with E-state index >= 15 is 0 Å². The number of amides is 1. The Labute approximate surface area is 118 Å². The number of hydrogen-bond acceptors (Lipinski definition) is 3. The van der Waals surface area contributed by atoms with Crippen LogP contribution in [0.2, 0.25) is 0 Å². The van der Waals surface area contributed by atoms with Gasteiger partial charge in [0.1, 0.15) is 0 Å². The van der Waals surface area contributed by atoms with Crippen molar-refractivity contribution in [3.8, 4) is 6.07 Å². The van der Waals surface area contributed by atoms with Gasteiger partial charge in [-0.2, -0.15) is 5.26 Å².